The molecule has 4 nitrogen and oxygen atoms in total. The number of amides is 1. The number of nitrogens with zero attached hydrogens (tertiary/aromatic N) is 3. The Kier molecular flexibility index (Phi) is 5.47. The molecule has 122 valence electrons. The van der Waals surface area contributed by atoms with Gasteiger partial charge in [0.25, 0.3) is 0 Å². The number of hydrogen-bond donors (Lipinski definition) is 0. The highest BCUT2D eigenvalue weighted by molar-refractivity contribution is 7.09. The minimum atomic E-state index is 0.0127. The molecule has 0 spiro atoms. The largest absolute Gasteiger partial charge is 0.332 e. The Morgan fingerprint density at radius 3 is 2.59 bits per heavy atom. The molecule has 2 atom stereocenters. The van der Waals surface area contributed by atoms with Crippen LogP contribution >= 0.6 is 11.3 Å². The van der Waals surface area contributed by atoms with Crippen molar-refractivity contribution in [2.45, 2.75) is 64.0 Å². The fraction of sp³-hybridized carbons (Fsp3) is 0.765. The summed E-state index contributed by atoms with van der Waals surface area (Å²) in [6.45, 7) is 5.13. The van der Waals surface area contributed by atoms with E-state index in [1.807, 2.05) is 11.6 Å². The lowest BCUT2D eigenvalue weighted by Gasteiger charge is -2.38. The van der Waals surface area contributed by atoms with Gasteiger partial charge >= 0.3 is 0 Å². The highest BCUT2D eigenvalue weighted by Gasteiger charge is 2.34. The van der Waals surface area contributed by atoms with Gasteiger partial charge in [-0.2, -0.15) is 0 Å². The second-order valence-corrected chi connectivity index (χ2v) is 7.47. The molecule has 0 unspecified atom stereocenters. The summed E-state index contributed by atoms with van der Waals surface area (Å²) in [6, 6.07) is 0.217. The van der Waals surface area contributed by atoms with Crippen molar-refractivity contribution in [3.05, 3.63) is 16.6 Å². The van der Waals surface area contributed by atoms with E-state index in [1.54, 1.807) is 11.3 Å². The van der Waals surface area contributed by atoms with Crippen LogP contribution in [0.25, 0.3) is 0 Å². The molecule has 0 N–H and O–H groups in total. The number of aromatic nitrogens is 1. The molecule has 1 amide bonds. The summed E-state index contributed by atoms with van der Waals surface area (Å²) in [6.07, 6.45) is 10.3. The monoisotopic (exact) mass is 321 g/mol. The third-order valence-corrected chi connectivity index (χ3v) is 5.94. The Bertz CT molecular complexity index is 468. The number of rotatable bonds is 3. The zero-order chi connectivity index (χ0) is 15.4. The van der Waals surface area contributed by atoms with Crippen LogP contribution in [0.5, 0.6) is 0 Å². The fourth-order valence-corrected chi connectivity index (χ4v) is 4.51. The summed E-state index contributed by atoms with van der Waals surface area (Å²) in [5.41, 5.74) is 0. The van der Waals surface area contributed by atoms with E-state index in [9.17, 15) is 4.79 Å². The highest BCUT2D eigenvalue weighted by Crippen LogP contribution is 2.33. The van der Waals surface area contributed by atoms with Gasteiger partial charge in [-0.1, -0.05) is 12.8 Å². The maximum atomic E-state index is 13.1. The highest BCUT2D eigenvalue weighted by atomic mass is 32.1. The normalized spacial score (nSPS) is 25.7. The smallest absolute Gasteiger partial charge is 0.240 e. The SMILES string of the molecule is C[C@@H](C(=O)N1CCCC[C@@H]1c1nccs1)N1CCCCCC1. The van der Waals surface area contributed by atoms with Crippen molar-refractivity contribution in [3.8, 4) is 0 Å². The zero-order valence-corrected chi connectivity index (χ0v) is 14.4. The van der Waals surface area contributed by atoms with E-state index in [0.29, 0.717) is 5.91 Å². The van der Waals surface area contributed by atoms with Gasteiger partial charge in [-0.3, -0.25) is 9.69 Å². The van der Waals surface area contributed by atoms with Crippen molar-refractivity contribution in [2.24, 2.45) is 0 Å². The molecule has 3 rings (SSSR count). The van der Waals surface area contributed by atoms with Crippen LogP contribution in [-0.4, -0.2) is 46.4 Å². The van der Waals surface area contributed by atoms with Gasteiger partial charge in [-0.25, -0.2) is 4.98 Å². The van der Waals surface area contributed by atoms with Crippen LogP contribution < -0.4 is 0 Å². The van der Waals surface area contributed by atoms with Crippen molar-refractivity contribution in [1.82, 2.24) is 14.8 Å². The predicted molar refractivity (Wildman–Crippen MR) is 89.9 cm³/mol. The molecule has 0 saturated carbocycles. The maximum Gasteiger partial charge on any atom is 0.240 e. The van der Waals surface area contributed by atoms with Gasteiger partial charge < -0.3 is 4.90 Å². The molecule has 1 aromatic heterocycles. The summed E-state index contributed by atoms with van der Waals surface area (Å²) >= 11 is 1.68. The Morgan fingerprint density at radius 1 is 1.18 bits per heavy atom. The quantitative estimate of drug-likeness (QED) is 0.855. The molecule has 0 bridgehead atoms. The lowest BCUT2D eigenvalue weighted by Crippen LogP contribution is -2.49. The second-order valence-electron chi connectivity index (χ2n) is 6.54. The molecule has 3 heterocycles. The van der Waals surface area contributed by atoms with Crippen LogP contribution in [-0.2, 0) is 4.79 Å². The van der Waals surface area contributed by atoms with E-state index in [0.717, 1.165) is 37.5 Å². The van der Waals surface area contributed by atoms with Gasteiger partial charge in [0.05, 0.1) is 12.1 Å². The topological polar surface area (TPSA) is 36.4 Å². The molecule has 2 aliphatic heterocycles. The number of thiazole rings is 1. The molecule has 22 heavy (non-hydrogen) atoms. The van der Waals surface area contributed by atoms with Gasteiger partial charge in [-0.15, -0.1) is 11.3 Å². The first-order valence-corrected chi connectivity index (χ1v) is 9.59. The van der Waals surface area contributed by atoms with E-state index in [1.165, 1.54) is 32.1 Å². The van der Waals surface area contributed by atoms with Crippen LogP contribution in [0.4, 0.5) is 0 Å². The Labute approximate surface area is 137 Å². The lowest BCUT2D eigenvalue weighted by atomic mass is 10.0. The van der Waals surface area contributed by atoms with Crippen molar-refractivity contribution >= 4 is 17.2 Å². The predicted octanol–water partition coefficient (Wildman–Crippen LogP) is 3.46. The van der Waals surface area contributed by atoms with Crippen molar-refractivity contribution in [2.75, 3.05) is 19.6 Å². The van der Waals surface area contributed by atoms with Crippen molar-refractivity contribution < 1.29 is 4.79 Å². The minimum Gasteiger partial charge on any atom is -0.332 e. The average Bonchev–Trinajstić information content (AvgIpc) is 2.96. The van der Waals surface area contributed by atoms with E-state index < -0.39 is 0 Å². The molecule has 1 aromatic rings. The van der Waals surface area contributed by atoms with Crippen LogP contribution in [0.1, 0.15) is 62.9 Å². The summed E-state index contributed by atoms with van der Waals surface area (Å²) in [5, 5.41) is 3.13. The maximum absolute atomic E-state index is 13.1. The summed E-state index contributed by atoms with van der Waals surface area (Å²) < 4.78 is 0. The molecular formula is C17H27N3OS. The first-order chi connectivity index (χ1) is 10.8. The second kappa shape index (κ2) is 7.55. The van der Waals surface area contributed by atoms with Crippen molar-refractivity contribution in [1.29, 1.82) is 0 Å². The third-order valence-electron chi connectivity index (χ3n) is 5.07. The Balaban J connectivity index is 1.70. The summed E-state index contributed by atoms with van der Waals surface area (Å²) in [5.74, 6) is 0.307. The number of likely N-dealkylation sites (tertiary alicyclic amines) is 2. The average molecular weight is 321 g/mol. The van der Waals surface area contributed by atoms with Gasteiger partial charge in [0.15, 0.2) is 0 Å². The van der Waals surface area contributed by atoms with Crippen LogP contribution in [0.3, 0.4) is 0 Å². The minimum absolute atomic E-state index is 0.0127. The lowest BCUT2D eigenvalue weighted by molar-refractivity contribution is -0.140. The standard InChI is InChI=1S/C17H27N3OS/c1-14(19-10-5-2-3-6-11-19)17(21)20-12-7-4-8-15(20)16-18-9-13-22-16/h9,13-15H,2-8,10-12H2,1H3/t14-,15+/m0/s1. The third kappa shape index (κ3) is 3.51. The molecule has 2 fully saturated rings. The molecule has 0 aliphatic carbocycles. The fourth-order valence-electron chi connectivity index (χ4n) is 3.73. The number of piperidine rings is 1. The van der Waals surface area contributed by atoms with Gasteiger partial charge in [-0.05, 0) is 52.1 Å². The molecular weight excluding hydrogens is 294 g/mol. The molecule has 2 saturated heterocycles. The molecule has 0 radical (unpaired) electrons. The van der Waals surface area contributed by atoms with Gasteiger partial charge in [0, 0.05) is 18.1 Å². The zero-order valence-electron chi connectivity index (χ0n) is 13.5. The number of hydrogen-bond acceptors (Lipinski definition) is 4. The van der Waals surface area contributed by atoms with E-state index >= 15 is 0 Å². The van der Waals surface area contributed by atoms with Crippen molar-refractivity contribution in [3.63, 3.8) is 0 Å². The number of carbonyl (C=O) groups excluding carboxylic acids is 1. The first-order valence-electron chi connectivity index (χ1n) is 8.71. The van der Waals surface area contributed by atoms with E-state index in [2.05, 4.69) is 21.7 Å². The summed E-state index contributed by atoms with van der Waals surface area (Å²) in [4.78, 5) is 22.0. The van der Waals surface area contributed by atoms with E-state index in [4.69, 9.17) is 0 Å². The Morgan fingerprint density at radius 2 is 1.91 bits per heavy atom. The first kappa shape index (κ1) is 15.9. The summed E-state index contributed by atoms with van der Waals surface area (Å²) in [7, 11) is 0. The van der Waals surface area contributed by atoms with Crippen LogP contribution in [0, 0.1) is 0 Å². The van der Waals surface area contributed by atoms with Crippen LogP contribution in [0.2, 0.25) is 0 Å². The molecule has 2 aliphatic rings. The Hall–Kier alpha value is -0.940. The van der Waals surface area contributed by atoms with Gasteiger partial charge in [0.1, 0.15) is 5.01 Å². The molecule has 0 aromatic carbocycles. The molecule has 5 heteroatoms. The van der Waals surface area contributed by atoms with E-state index in [-0.39, 0.29) is 12.1 Å². The van der Waals surface area contributed by atoms with Gasteiger partial charge in [0.2, 0.25) is 5.91 Å². The number of carbonyl (C=O) groups is 1. The van der Waals surface area contributed by atoms with Crippen LogP contribution in [0.15, 0.2) is 11.6 Å².